The molecule has 2 aromatic carbocycles. The van der Waals surface area contributed by atoms with Crippen LogP contribution in [0.1, 0.15) is 36.6 Å². The Morgan fingerprint density at radius 2 is 1.55 bits per heavy atom. The lowest BCUT2D eigenvalue weighted by Gasteiger charge is -2.09. The second-order valence-electron chi connectivity index (χ2n) is 6.58. The number of benzene rings is 2. The van der Waals surface area contributed by atoms with Crippen molar-refractivity contribution in [3.8, 4) is 0 Å². The van der Waals surface area contributed by atoms with Crippen LogP contribution in [0.4, 0.5) is 10.8 Å². The van der Waals surface area contributed by atoms with Gasteiger partial charge in [-0.15, -0.1) is 10.2 Å². The van der Waals surface area contributed by atoms with Crippen LogP contribution in [-0.2, 0) is 19.5 Å². The molecule has 172 valence electrons. The average Bonchev–Trinajstić information content (AvgIpc) is 3.27. The number of esters is 2. The second-order valence-corrected chi connectivity index (χ2v) is 9.42. The molecule has 1 amide bonds. The van der Waals surface area contributed by atoms with Gasteiger partial charge in [-0.1, -0.05) is 29.0 Å². The van der Waals surface area contributed by atoms with Gasteiger partial charge in [0.2, 0.25) is 5.13 Å². The van der Waals surface area contributed by atoms with Crippen molar-refractivity contribution in [2.45, 2.75) is 11.3 Å². The standard InChI is InChI=1S/C20H18N4O7S2/c1-11-5-4-6-12(7-11)16(25)21-19-22-23-20(32-19)33(28,29)24-15-9-13(17(26)30-2)8-14(10-15)18(27)31-3/h4-10,24H,1-3H3,(H,21,22,25). The molecule has 0 bridgehead atoms. The number of nitrogens with zero attached hydrogens (tertiary/aromatic N) is 2. The first kappa shape index (κ1) is 23.8. The lowest BCUT2D eigenvalue weighted by molar-refractivity contribution is 0.0599. The van der Waals surface area contributed by atoms with Crippen LogP contribution >= 0.6 is 11.3 Å². The minimum Gasteiger partial charge on any atom is -0.465 e. The number of hydrogen-bond acceptors (Lipinski definition) is 10. The molecule has 0 unspecified atom stereocenters. The summed E-state index contributed by atoms with van der Waals surface area (Å²) in [4.78, 5) is 36.1. The third-order valence-electron chi connectivity index (χ3n) is 4.16. The van der Waals surface area contributed by atoms with E-state index in [0.717, 1.165) is 19.8 Å². The number of anilines is 2. The summed E-state index contributed by atoms with van der Waals surface area (Å²) in [7, 11) is -1.97. The van der Waals surface area contributed by atoms with Crippen molar-refractivity contribution in [1.82, 2.24) is 10.2 Å². The third-order valence-corrected chi connectivity index (χ3v) is 6.75. The maximum atomic E-state index is 12.8. The molecule has 2 N–H and O–H groups in total. The Bertz CT molecular complexity index is 1300. The summed E-state index contributed by atoms with van der Waals surface area (Å²) >= 11 is 0.628. The monoisotopic (exact) mass is 490 g/mol. The number of nitrogens with one attached hydrogen (secondary N) is 2. The minimum absolute atomic E-state index is 0.0274. The van der Waals surface area contributed by atoms with E-state index in [9.17, 15) is 22.8 Å². The van der Waals surface area contributed by atoms with Crippen LogP contribution in [-0.4, -0.2) is 50.7 Å². The van der Waals surface area contributed by atoms with Gasteiger partial charge in [-0.25, -0.2) is 9.59 Å². The van der Waals surface area contributed by atoms with Gasteiger partial charge in [0.15, 0.2) is 0 Å². The van der Waals surface area contributed by atoms with E-state index in [-0.39, 0.29) is 21.9 Å². The lowest BCUT2D eigenvalue weighted by atomic mass is 10.1. The Morgan fingerprint density at radius 3 is 2.12 bits per heavy atom. The quantitative estimate of drug-likeness (QED) is 0.375. The van der Waals surface area contributed by atoms with E-state index in [1.165, 1.54) is 18.2 Å². The van der Waals surface area contributed by atoms with E-state index in [4.69, 9.17) is 0 Å². The van der Waals surface area contributed by atoms with Crippen LogP contribution in [0.2, 0.25) is 0 Å². The molecule has 33 heavy (non-hydrogen) atoms. The molecule has 3 aromatic rings. The third kappa shape index (κ3) is 5.70. The number of carbonyl (C=O) groups excluding carboxylic acids is 3. The molecule has 0 aliphatic heterocycles. The van der Waals surface area contributed by atoms with Crippen LogP contribution in [0.15, 0.2) is 46.8 Å². The normalized spacial score (nSPS) is 10.9. The van der Waals surface area contributed by atoms with E-state index < -0.39 is 32.2 Å². The lowest BCUT2D eigenvalue weighted by Crippen LogP contribution is -2.15. The smallest absolute Gasteiger partial charge is 0.337 e. The molecule has 0 saturated carbocycles. The number of ether oxygens (including phenoxy) is 2. The zero-order valence-corrected chi connectivity index (χ0v) is 19.2. The fourth-order valence-corrected chi connectivity index (χ4v) is 4.62. The summed E-state index contributed by atoms with van der Waals surface area (Å²) in [5, 5.41) is 9.78. The fraction of sp³-hybridized carbons (Fsp3) is 0.150. The minimum atomic E-state index is -4.26. The molecule has 1 aromatic heterocycles. The zero-order valence-electron chi connectivity index (χ0n) is 17.6. The summed E-state index contributed by atoms with van der Waals surface area (Å²) in [6, 6.07) is 10.4. The van der Waals surface area contributed by atoms with Crippen LogP contribution in [0.25, 0.3) is 0 Å². The first-order valence-electron chi connectivity index (χ1n) is 9.19. The Kier molecular flexibility index (Phi) is 7.04. The highest BCUT2D eigenvalue weighted by molar-refractivity contribution is 7.94. The largest absolute Gasteiger partial charge is 0.465 e. The number of amides is 1. The molecule has 13 heteroatoms. The highest BCUT2D eigenvalue weighted by Crippen LogP contribution is 2.25. The maximum absolute atomic E-state index is 12.8. The maximum Gasteiger partial charge on any atom is 0.337 e. The molecule has 0 fully saturated rings. The van der Waals surface area contributed by atoms with Crippen LogP contribution in [0.5, 0.6) is 0 Å². The van der Waals surface area contributed by atoms with Crippen LogP contribution < -0.4 is 10.0 Å². The number of rotatable bonds is 7. The number of sulfonamides is 1. The molecule has 0 spiro atoms. The van der Waals surface area contributed by atoms with Gasteiger partial charge in [-0.2, -0.15) is 8.42 Å². The van der Waals surface area contributed by atoms with Crippen molar-refractivity contribution < 1.29 is 32.3 Å². The number of aromatic nitrogens is 2. The van der Waals surface area contributed by atoms with Gasteiger partial charge in [0.25, 0.3) is 20.3 Å². The number of methoxy groups -OCH3 is 2. The zero-order chi connectivity index (χ0) is 24.2. The van der Waals surface area contributed by atoms with Gasteiger partial charge in [-0.05, 0) is 37.3 Å². The molecule has 0 aliphatic carbocycles. The highest BCUT2D eigenvalue weighted by Gasteiger charge is 2.23. The van der Waals surface area contributed by atoms with Crippen LogP contribution in [0, 0.1) is 6.92 Å². The Morgan fingerprint density at radius 1 is 0.909 bits per heavy atom. The van der Waals surface area contributed by atoms with E-state index in [0.29, 0.717) is 16.9 Å². The van der Waals surface area contributed by atoms with E-state index in [1.54, 1.807) is 18.2 Å². The first-order chi connectivity index (χ1) is 15.6. The molecule has 0 atom stereocenters. The summed E-state index contributed by atoms with van der Waals surface area (Å²) in [5.74, 6) is -2.03. The van der Waals surface area contributed by atoms with Gasteiger partial charge < -0.3 is 9.47 Å². The average molecular weight is 491 g/mol. The van der Waals surface area contributed by atoms with Gasteiger partial charge in [-0.3, -0.25) is 14.8 Å². The topological polar surface area (TPSA) is 154 Å². The van der Waals surface area contributed by atoms with Gasteiger partial charge in [0.05, 0.1) is 31.0 Å². The molecular formula is C20H18N4O7S2. The molecule has 3 rings (SSSR count). The van der Waals surface area contributed by atoms with Crippen LogP contribution in [0.3, 0.4) is 0 Å². The summed E-state index contributed by atoms with van der Waals surface area (Å²) in [6.45, 7) is 1.83. The molecule has 0 saturated heterocycles. The summed E-state index contributed by atoms with van der Waals surface area (Å²) in [6.07, 6.45) is 0. The number of aryl methyl sites for hydroxylation is 1. The Hall–Kier alpha value is -3.84. The highest BCUT2D eigenvalue weighted by atomic mass is 32.2. The number of hydrogen-bond donors (Lipinski definition) is 2. The van der Waals surface area contributed by atoms with Gasteiger partial charge in [0, 0.05) is 5.56 Å². The van der Waals surface area contributed by atoms with Crippen molar-refractivity contribution in [3.63, 3.8) is 0 Å². The predicted octanol–water partition coefficient (Wildman–Crippen LogP) is 2.47. The summed E-state index contributed by atoms with van der Waals surface area (Å²) in [5.41, 5.74) is 1.03. The molecule has 11 nitrogen and oxygen atoms in total. The molecule has 0 aliphatic rings. The molecular weight excluding hydrogens is 472 g/mol. The van der Waals surface area contributed by atoms with Gasteiger partial charge in [0.1, 0.15) is 0 Å². The molecule has 0 radical (unpaired) electrons. The van der Waals surface area contributed by atoms with E-state index >= 15 is 0 Å². The second kappa shape index (κ2) is 9.75. The predicted molar refractivity (Wildman–Crippen MR) is 119 cm³/mol. The van der Waals surface area contributed by atoms with Crippen molar-refractivity contribution in [2.75, 3.05) is 24.3 Å². The molecule has 1 heterocycles. The summed E-state index contributed by atoms with van der Waals surface area (Å²) < 4.78 is 36.6. The van der Waals surface area contributed by atoms with Gasteiger partial charge >= 0.3 is 11.9 Å². The van der Waals surface area contributed by atoms with Crippen molar-refractivity contribution in [3.05, 3.63) is 64.7 Å². The van der Waals surface area contributed by atoms with Crippen molar-refractivity contribution in [2.24, 2.45) is 0 Å². The Balaban J connectivity index is 1.84. The first-order valence-corrected chi connectivity index (χ1v) is 11.5. The van der Waals surface area contributed by atoms with E-state index in [2.05, 4.69) is 29.7 Å². The SMILES string of the molecule is COC(=O)c1cc(NS(=O)(=O)c2nnc(NC(=O)c3cccc(C)c3)s2)cc(C(=O)OC)c1. The van der Waals surface area contributed by atoms with Crippen molar-refractivity contribution in [1.29, 1.82) is 0 Å². The fourth-order valence-electron chi connectivity index (χ4n) is 2.68. The van der Waals surface area contributed by atoms with E-state index in [1.807, 2.05) is 13.0 Å². The van der Waals surface area contributed by atoms with Crippen molar-refractivity contribution >= 4 is 50.0 Å². The Labute approximate surface area is 192 Å². The number of carbonyl (C=O) groups is 3.